The molecule has 0 saturated carbocycles. The zero-order chi connectivity index (χ0) is 22.8. The Hall–Kier alpha value is -2.99. The smallest absolute Gasteiger partial charge is 0.326 e. The number of H-pyrrole nitrogens is 1. The van der Waals surface area contributed by atoms with Gasteiger partial charge in [0.2, 0.25) is 17.7 Å². The van der Waals surface area contributed by atoms with Gasteiger partial charge < -0.3 is 36.9 Å². The lowest BCUT2D eigenvalue weighted by atomic mass is 9.97. The number of aliphatic hydroxyl groups excluding tert-OH is 1. The van der Waals surface area contributed by atoms with Crippen LogP contribution in [-0.4, -0.2) is 74.6 Å². The molecule has 5 unspecified atom stereocenters. The third-order valence-corrected chi connectivity index (χ3v) is 4.67. The molecule has 3 amide bonds. The fourth-order valence-electron chi connectivity index (χ4n) is 2.53. The van der Waals surface area contributed by atoms with Crippen LogP contribution in [-0.2, 0) is 25.6 Å². The summed E-state index contributed by atoms with van der Waals surface area (Å²) in [4.78, 5) is 55.0. The quantitative estimate of drug-likeness (QED) is 0.196. The summed E-state index contributed by atoms with van der Waals surface area (Å²) in [6.07, 6.45) is 3.39. The van der Waals surface area contributed by atoms with Crippen molar-refractivity contribution in [2.24, 2.45) is 11.7 Å². The molecule has 0 aliphatic rings. The number of aliphatic carboxylic acids is 1. The molecule has 30 heavy (non-hydrogen) atoms. The molecule has 12 heteroatoms. The highest BCUT2D eigenvalue weighted by atomic mass is 16.4. The summed E-state index contributed by atoms with van der Waals surface area (Å²) < 4.78 is 0. The van der Waals surface area contributed by atoms with Crippen molar-refractivity contribution in [2.75, 3.05) is 6.61 Å². The zero-order valence-corrected chi connectivity index (χ0v) is 17.2. The van der Waals surface area contributed by atoms with Crippen LogP contribution in [0.2, 0.25) is 0 Å². The SMILES string of the molecule is CCC(C)C(NC(=O)C(N)CO)C(=O)NC(C)C(=O)NC(Cc1cnc[nH]1)C(=O)O. The molecule has 1 aromatic heterocycles. The van der Waals surface area contributed by atoms with Crippen LogP contribution in [0, 0.1) is 5.92 Å². The highest BCUT2D eigenvalue weighted by Gasteiger charge is 2.30. The highest BCUT2D eigenvalue weighted by molar-refractivity contribution is 5.94. The Labute approximate surface area is 174 Å². The van der Waals surface area contributed by atoms with Gasteiger partial charge in [-0.1, -0.05) is 20.3 Å². The molecule has 5 atom stereocenters. The monoisotopic (exact) mass is 426 g/mol. The van der Waals surface area contributed by atoms with Crippen molar-refractivity contribution in [1.29, 1.82) is 0 Å². The summed E-state index contributed by atoms with van der Waals surface area (Å²) in [5.74, 6) is -3.52. The summed E-state index contributed by atoms with van der Waals surface area (Å²) in [6.45, 7) is 4.39. The number of amides is 3. The van der Waals surface area contributed by atoms with Gasteiger partial charge in [-0.3, -0.25) is 14.4 Å². The average Bonchev–Trinajstić information content (AvgIpc) is 3.22. The van der Waals surface area contributed by atoms with Gasteiger partial charge in [-0.05, 0) is 12.8 Å². The van der Waals surface area contributed by atoms with Crippen LogP contribution in [0.4, 0.5) is 0 Å². The number of nitrogens with two attached hydrogens (primary N) is 1. The largest absolute Gasteiger partial charge is 0.480 e. The number of carbonyl (C=O) groups excluding carboxylic acids is 3. The first kappa shape index (κ1) is 25.0. The number of imidazole rings is 1. The van der Waals surface area contributed by atoms with E-state index in [0.29, 0.717) is 12.1 Å². The van der Waals surface area contributed by atoms with Crippen LogP contribution < -0.4 is 21.7 Å². The normalized spacial score (nSPS) is 15.9. The van der Waals surface area contributed by atoms with Gasteiger partial charge in [-0.25, -0.2) is 9.78 Å². The fraction of sp³-hybridized carbons (Fsp3) is 0.611. The highest BCUT2D eigenvalue weighted by Crippen LogP contribution is 2.09. The van der Waals surface area contributed by atoms with Crippen molar-refractivity contribution in [2.45, 2.75) is 57.8 Å². The molecule has 0 saturated heterocycles. The predicted octanol–water partition coefficient (Wildman–Crippen LogP) is -2.12. The molecule has 0 fully saturated rings. The van der Waals surface area contributed by atoms with Crippen LogP contribution in [0.15, 0.2) is 12.5 Å². The topological polar surface area (TPSA) is 200 Å². The van der Waals surface area contributed by atoms with Gasteiger partial charge in [-0.2, -0.15) is 0 Å². The maximum absolute atomic E-state index is 12.6. The fourth-order valence-corrected chi connectivity index (χ4v) is 2.53. The summed E-state index contributed by atoms with van der Waals surface area (Å²) >= 11 is 0. The van der Waals surface area contributed by atoms with Gasteiger partial charge in [0.25, 0.3) is 0 Å². The molecule has 0 aliphatic carbocycles. The predicted molar refractivity (Wildman–Crippen MR) is 106 cm³/mol. The van der Waals surface area contributed by atoms with E-state index in [1.807, 2.05) is 6.92 Å². The van der Waals surface area contributed by atoms with Crippen molar-refractivity contribution in [3.63, 3.8) is 0 Å². The Morgan fingerprint density at radius 3 is 2.30 bits per heavy atom. The molecule has 0 aromatic carbocycles. The number of carboxylic acid groups (broad SMARTS) is 1. The number of carbonyl (C=O) groups is 4. The van der Waals surface area contributed by atoms with Gasteiger partial charge in [0, 0.05) is 18.3 Å². The molecule has 1 aromatic rings. The van der Waals surface area contributed by atoms with E-state index in [1.165, 1.54) is 19.4 Å². The van der Waals surface area contributed by atoms with Crippen molar-refractivity contribution in [1.82, 2.24) is 25.9 Å². The summed E-state index contributed by atoms with van der Waals surface area (Å²) in [5, 5.41) is 25.7. The molecule has 1 rings (SSSR count). The van der Waals surface area contributed by atoms with E-state index in [1.54, 1.807) is 6.92 Å². The van der Waals surface area contributed by atoms with Gasteiger partial charge in [-0.15, -0.1) is 0 Å². The molecule has 8 N–H and O–H groups in total. The molecular weight excluding hydrogens is 396 g/mol. The second-order valence-electron chi connectivity index (χ2n) is 7.07. The Bertz CT molecular complexity index is 725. The molecule has 12 nitrogen and oxygen atoms in total. The molecule has 0 spiro atoms. The van der Waals surface area contributed by atoms with E-state index in [-0.39, 0.29) is 12.3 Å². The van der Waals surface area contributed by atoms with E-state index in [2.05, 4.69) is 25.9 Å². The number of aromatic nitrogens is 2. The number of aliphatic hydroxyl groups is 1. The Morgan fingerprint density at radius 2 is 1.80 bits per heavy atom. The molecule has 0 aliphatic heterocycles. The number of carboxylic acids is 1. The van der Waals surface area contributed by atoms with Crippen molar-refractivity contribution < 1.29 is 29.4 Å². The van der Waals surface area contributed by atoms with Gasteiger partial charge >= 0.3 is 5.97 Å². The van der Waals surface area contributed by atoms with Crippen molar-refractivity contribution in [3.8, 4) is 0 Å². The van der Waals surface area contributed by atoms with Crippen molar-refractivity contribution >= 4 is 23.7 Å². The van der Waals surface area contributed by atoms with E-state index >= 15 is 0 Å². The van der Waals surface area contributed by atoms with Crippen LogP contribution in [0.5, 0.6) is 0 Å². The lowest BCUT2D eigenvalue weighted by Crippen LogP contribution is -2.58. The van der Waals surface area contributed by atoms with E-state index < -0.39 is 54.5 Å². The number of nitrogens with one attached hydrogen (secondary N) is 4. The van der Waals surface area contributed by atoms with E-state index in [0.717, 1.165) is 0 Å². The third kappa shape index (κ3) is 7.44. The maximum Gasteiger partial charge on any atom is 0.326 e. The number of rotatable bonds is 12. The number of hydrogen-bond donors (Lipinski definition) is 7. The summed E-state index contributed by atoms with van der Waals surface area (Å²) in [5.41, 5.74) is 6.00. The minimum absolute atomic E-state index is 0.00760. The van der Waals surface area contributed by atoms with Crippen molar-refractivity contribution in [3.05, 3.63) is 18.2 Å². The number of hydrogen-bond acceptors (Lipinski definition) is 7. The molecule has 1 heterocycles. The maximum atomic E-state index is 12.6. The van der Waals surface area contributed by atoms with E-state index in [9.17, 15) is 24.3 Å². The van der Waals surface area contributed by atoms with Gasteiger partial charge in [0.1, 0.15) is 24.2 Å². The summed E-state index contributed by atoms with van der Waals surface area (Å²) in [7, 11) is 0. The first-order chi connectivity index (χ1) is 14.1. The molecular formula is C18H30N6O6. The van der Waals surface area contributed by atoms with E-state index in [4.69, 9.17) is 10.8 Å². The lowest BCUT2D eigenvalue weighted by molar-refractivity contribution is -0.142. The van der Waals surface area contributed by atoms with Crippen LogP contribution in [0.1, 0.15) is 32.9 Å². The first-order valence-corrected chi connectivity index (χ1v) is 9.58. The standard InChI is InChI=1S/C18H30N6O6/c1-4-9(2)14(24-16(27)12(19)7-25)17(28)22-10(3)15(26)23-13(18(29)30)5-11-6-20-8-21-11/h6,8-10,12-14,25H,4-5,7,19H2,1-3H3,(H,20,21)(H,22,28)(H,23,26)(H,24,27)(H,29,30). The number of nitrogens with zero attached hydrogens (tertiary/aromatic N) is 1. The molecule has 0 bridgehead atoms. The second-order valence-corrected chi connectivity index (χ2v) is 7.07. The average molecular weight is 426 g/mol. The van der Waals surface area contributed by atoms with Crippen LogP contribution in [0.3, 0.4) is 0 Å². The lowest BCUT2D eigenvalue weighted by Gasteiger charge is -2.26. The third-order valence-electron chi connectivity index (χ3n) is 4.67. The van der Waals surface area contributed by atoms with Crippen LogP contribution >= 0.6 is 0 Å². The summed E-state index contributed by atoms with van der Waals surface area (Å²) in [6, 6.07) is -4.43. The van der Waals surface area contributed by atoms with Crippen LogP contribution in [0.25, 0.3) is 0 Å². The van der Waals surface area contributed by atoms with Gasteiger partial charge in [0.15, 0.2) is 0 Å². The minimum atomic E-state index is -1.24. The zero-order valence-electron chi connectivity index (χ0n) is 17.2. The van der Waals surface area contributed by atoms with Gasteiger partial charge in [0.05, 0.1) is 12.9 Å². The minimum Gasteiger partial charge on any atom is -0.480 e. The Balaban J connectivity index is 2.76. The second kappa shape index (κ2) is 11.9. The Kier molecular flexibility index (Phi) is 9.92. The molecule has 0 radical (unpaired) electrons. The molecule has 168 valence electrons. The Morgan fingerprint density at radius 1 is 1.13 bits per heavy atom. The first-order valence-electron chi connectivity index (χ1n) is 9.58. The number of aromatic amines is 1.